The molecule has 0 atom stereocenters. The van der Waals surface area contributed by atoms with Crippen molar-refractivity contribution in [2.45, 2.75) is 66.2 Å². The summed E-state index contributed by atoms with van der Waals surface area (Å²) in [5, 5.41) is 8.95. The number of hydrogen-bond donors (Lipinski definition) is 1. The predicted octanol–water partition coefficient (Wildman–Crippen LogP) is 8.01. The highest BCUT2D eigenvalue weighted by atomic mass is 35.5. The zero-order chi connectivity index (χ0) is 28.4. The van der Waals surface area contributed by atoms with Gasteiger partial charge >= 0.3 is 0 Å². The molecule has 40 heavy (non-hydrogen) atoms. The maximum atomic E-state index is 14.0. The highest BCUT2D eigenvalue weighted by Gasteiger charge is 2.21. The van der Waals surface area contributed by atoms with Crippen LogP contribution in [0.3, 0.4) is 0 Å². The average molecular weight is 556 g/mol. The molecular weight excluding hydrogens is 522 g/mol. The van der Waals surface area contributed by atoms with E-state index in [0.717, 1.165) is 48.1 Å². The first-order valence-corrected chi connectivity index (χ1v) is 14.2. The lowest BCUT2D eigenvalue weighted by Crippen LogP contribution is -2.20. The van der Waals surface area contributed by atoms with Gasteiger partial charge in [0.2, 0.25) is 5.91 Å². The van der Waals surface area contributed by atoms with E-state index < -0.39 is 0 Å². The number of rotatable bonds is 9. The summed E-state index contributed by atoms with van der Waals surface area (Å²) in [6.45, 7) is 8.32. The number of amides is 1. The van der Waals surface area contributed by atoms with Crippen molar-refractivity contribution in [1.82, 2.24) is 9.72 Å². The van der Waals surface area contributed by atoms with Crippen LogP contribution in [0.15, 0.2) is 63.9 Å². The molecule has 0 aliphatic heterocycles. The molecule has 2 aromatic heterocycles. The molecule has 6 nitrogen and oxygen atoms in total. The molecule has 5 rings (SSSR count). The predicted molar refractivity (Wildman–Crippen MR) is 163 cm³/mol. The second-order valence-electron chi connectivity index (χ2n) is 10.5. The van der Waals surface area contributed by atoms with E-state index >= 15 is 0 Å². The summed E-state index contributed by atoms with van der Waals surface area (Å²) >= 11 is 6.66. The number of aryl methyl sites for hydroxylation is 3. The van der Waals surface area contributed by atoms with E-state index in [9.17, 15) is 9.59 Å². The SMILES string of the molecule is CCCCCCc1onc2c1c(=O)n(-c1cccc(CC(=O)Nc3cc(C)c(C)c(C)c3)c1)c1cccc(Cl)c21. The fraction of sp³-hybridized carbons (Fsp3) is 0.303. The Hall–Kier alpha value is -3.90. The van der Waals surface area contributed by atoms with Crippen LogP contribution in [0.25, 0.3) is 27.5 Å². The van der Waals surface area contributed by atoms with Crippen LogP contribution in [0.2, 0.25) is 5.02 Å². The third-order valence-electron chi connectivity index (χ3n) is 7.65. The Bertz CT molecular complexity index is 1760. The lowest BCUT2D eigenvalue weighted by atomic mass is 10.0. The van der Waals surface area contributed by atoms with Crippen LogP contribution in [0.5, 0.6) is 0 Å². The van der Waals surface area contributed by atoms with Gasteiger partial charge in [0.1, 0.15) is 16.7 Å². The number of halogens is 1. The van der Waals surface area contributed by atoms with E-state index in [1.807, 2.05) is 62.4 Å². The minimum atomic E-state index is -0.205. The Morgan fingerprint density at radius 1 is 0.975 bits per heavy atom. The Labute approximate surface area is 238 Å². The summed E-state index contributed by atoms with van der Waals surface area (Å²) in [6.07, 6.45) is 5.05. The smallest absolute Gasteiger partial charge is 0.268 e. The summed E-state index contributed by atoms with van der Waals surface area (Å²) < 4.78 is 7.37. The third-order valence-corrected chi connectivity index (χ3v) is 7.97. The number of unbranched alkanes of at least 4 members (excludes halogenated alkanes) is 3. The third kappa shape index (κ3) is 5.41. The number of benzene rings is 3. The quantitative estimate of drug-likeness (QED) is 0.187. The van der Waals surface area contributed by atoms with E-state index in [2.05, 4.69) is 24.3 Å². The molecule has 3 aromatic carbocycles. The summed E-state index contributed by atoms with van der Waals surface area (Å²) in [5.41, 5.74) is 6.65. The highest BCUT2D eigenvalue weighted by molar-refractivity contribution is 6.37. The van der Waals surface area contributed by atoms with E-state index in [4.69, 9.17) is 16.1 Å². The minimum absolute atomic E-state index is 0.121. The van der Waals surface area contributed by atoms with Gasteiger partial charge in [-0.15, -0.1) is 0 Å². The van der Waals surface area contributed by atoms with Crippen LogP contribution in [0, 0.1) is 20.8 Å². The van der Waals surface area contributed by atoms with Gasteiger partial charge in [-0.2, -0.15) is 0 Å². The van der Waals surface area contributed by atoms with Gasteiger partial charge in [0.25, 0.3) is 5.56 Å². The van der Waals surface area contributed by atoms with Gasteiger partial charge < -0.3 is 9.84 Å². The summed E-state index contributed by atoms with van der Waals surface area (Å²) in [4.78, 5) is 27.0. The monoisotopic (exact) mass is 555 g/mol. The number of pyridine rings is 1. The Balaban J connectivity index is 1.53. The normalized spacial score (nSPS) is 11.4. The van der Waals surface area contributed by atoms with Gasteiger partial charge in [-0.25, -0.2) is 0 Å². The Morgan fingerprint density at radius 3 is 2.48 bits per heavy atom. The lowest BCUT2D eigenvalue weighted by Gasteiger charge is -2.14. The average Bonchev–Trinajstić information content (AvgIpc) is 3.34. The Morgan fingerprint density at radius 2 is 1.73 bits per heavy atom. The molecule has 7 heteroatoms. The van der Waals surface area contributed by atoms with Crippen LogP contribution < -0.4 is 10.9 Å². The van der Waals surface area contributed by atoms with Gasteiger partial charge in [-0.3, -0.25) is 14.2 Å². The molecule has 0 aliphatic rings. The van der Waals surface area contributed by atoms with Gasteiger partial charge in [0.15, 0.2) is 0 Å². The first kappa shape index (κ1) is 27.7. The summed E-state index contributed by atoms with van der Waals surface area (Å²) in [7, 11) is 0. The number of carbonyl (C=O) groups excluding carboxylic acids is 1. The largest absolute Gasteiger partial charge is 0.360 e. The van der Waals surface area contributed by atoms with Crippen molar-refractivity contribution in [3.8, 4) is 5.69 Å². The van der Waals surface area contributed by atoms with Crippen molar-refractivity contribution in [2.24, 2.45) is 0 Å². The van der Waals surface area contributed by atoms with Crippen LogP contribution in [-0.2, 0) is 17.6 Å². The maximum absolute atomic E-state index is 14.0. The van der Waals surface area contributed by atoms with Gasteiger partial charge in [0.05, 0.1) is 17.0 Å². The highest BCUT2D eigenvalue weighted by Crippen LogP contribution is 2.32. The molecule has 0 unspecified atom stereocenters. The van der Waals surface area contributed by atoms with Crippen molar-refractivity contribution in [2.75, 3.05) is 5.32 Å². The molecule has 0 radical (unpaired) electrons. The van der Waals surface area contributed by atoms with Crippen LogP contribution in [-0.4, -0.2) is 15.6 Å². The number of carbonyl (C=O) groups is 1. The molecule has 0 saturated heterocycles. The number of anilines is 1. The maximum Gasteiger partial charge on any atom is 0.268 e. The molecule has 5 aromatic rings. The molecule has 0 fully saturated rings. The van der Waals surface area contributed by atoms with E-state index in [1.165, 1.54) is 5.56 Å². The van der Waals surface area contributed by atoms with Gasteiger partial charge in [-0.1, -0.05) is 61.1 Å². The van der Waals surface area contributed by atoms with Crippen LogP contribution in [0.4, 0.5) is 5.69 Å². The summed E-state index contributed by atoms with van der Waals surface area (Å²) in [6, 6.07) is 17.0. The first-order chi connectivity index (χ1) is 19.3. The fourth-order valence-electron chi connectivity index (χ4n) is 5.31. The molecular formula is C33H34ClN3O3. The number of aromatic nitrogens is 2. The molecule has 2 heterocycles. The van der Waals surface area contributed by atoms with E-state index in [-0.39, 0.29) is 17.9 Å². The van der Waals surface area contributed by atoms with Crippen LogP contribution in [0.1, 0.15) is 60.6 Å². The van der Waals surface area contributed by atoms with Crippen molar-refractivity contribution in [3.05, 3.63) is 98.0 Å². The molecule has 0 aliphatic carbocycles. The molecule has 0 spiro atoms. The summed E-state index contributed by atoms with van der Waals surface area (Å²) in [5.74, 6) is 0.467. The fourth-order valence-corrected chi connectivity index (χ4v) is 5.57. The number of nitrogens with zero attached hydrogens (tertiary/aromatic N) is 2. The van der Waals surface area contributed by atoms with Crippen molar-refractivity contribution >= 4 is 45.0 Å². The number of fused-ring (bicyclic) bond motifs is 3. The molecule has 1 N–H and O–H groups in total. The molecule has 206 valence electrons. The van der Waals surface area contributed by atoms with Crippen LogP contribution >= 0.6 is 11.6 Å². The van der Waals surface area contributed by atoms with Crippen molar-refractivity contribution in [1.29, 1.82) is 0 Å². The van der Waals surface area contributed by atoms with Crippen molar-refractivity contribution in [3.63, 3.8) is 0 Å². The second kappa shape index (κ2) is 11.7. The molecule has 1 amide bonds. The van der Waals surface area contributed by atoms with Crippen molar-refractivity contribution < 1.29 is 9.32 Å². The van der Waals surface area contributed by atoms with Gasteiger partial charge in [-0.05, 0) is 85.8 Å². The van der Waals surface area contributed by atoms with E-state index in [1.54, 1.807) is 10.6 Å². The number of nitrogens with one attached hydrogen (secondary N) is 1. The minimum Gasteiger partial charge on any atom is -0.360 e. The van der Waals surface area contributed by atoms with Gasteiger partial charge in [0, 0.05) is 23.2 Å². The topological polar surface area (TPSA) is 77.1 Å². The zero-order valence-corrected chi connectivity index (χ0v) is 24.2. The number of hydrogen-bond acceptors (Lipinski definition) is 4. The second-order valence-corrected chi connectivity index (χ2v) is 11.0. The first-order valence-electron chi connectivity index (χ1n) is 13.9. The molecule has 0 saturated carbocycles. The standard InChI is InChI=1S/C33H34ClN3O3/c1-5-6-7-8-15-28-31-32(36-40-28)30-26(34)13-10-14-27(30)37(33(31)39)25-12-9-11-23(18-25)19-29(38)35-24-16-20(2)22(4)21(3)17-24/h9-14,16-18H,5-8,15,19H2,1-4H3,(H,35,38). The Kier molecular flexibility index (Phi) is 8.08. The molecule has 0 bridgehead atoms. The zero-order valence-electron chi connectivity index (χ0n) is 23.4. The lowest BCUT2D eigenvalue weighted by molar-refractivity contribution is -0.115. The van der Waals surface area contributed by atoms with E-state index in [0.29, 0.717) is 44.7 Å².